The Morgan fingerprint density at radius 2 is 2.31 bits per heavy atom. The monoisotopic (exact) mass is 246 g/mol. The second-order valence-corrected chi connectivity index (χ2v) is 3.73. The smallest absolute Gasteiger partial charge is 0.305 e. The molecule has 88 valence electrons. The number of methoxy groups -OCH3 is 1. The van der Waals surface area contributed by atoms with Crippen LogP contribution in [0.25, 0.3) is 0 Å². The first kappa shape index (κ1) is 12.9. The summed E-state index contributed by atoms with van der Waals surface area (Å²) in [6.07, 6.45) is -0.925. The van der Waals surface area contributed by atoms with Crippen LogP contribution in [0.3, 0.4) is 0 Å². The molecule has 0 aliphatic heterocycles. The molecular formula is C11H12ClFO3. The van der Waals surface area contributed by atoms with E-state index in [-0.39, 0.29) is 18.4 Å². The van der Waals surface area contributed by atoms with Crippen LogP contribution in [0.4, 0.5) is 4.39 Å². The predicted molar refractivity (Wildman–Crippen MR) is 57.6 cm³/mol. The summed E-state index contributed by atoms with van der Waals surface area (Å²) in [6, 6.07) is 3.92. The molecule has 0 radical (unpaired) electrons. The standard InChI is InChI=1S/C11H12ClFO3/c1-16-11(15)5-4-10(14)8-6-7(12)2-3-9(8)13/h2-3,6,10,14H,4-5H2,1H3. The Morgan fingerprint density at radius 3 is 2.94 bits per heavy atom. The van der Waals surface area contributed by atoms with E-state index in [2.05, 4.69) is 4.74 Å². The number of hydrogen-bond acceptors (Lipinski definition) is 3. The number of halogens is 2. The van der Waals surface area contributed by atoms with Gasteiger partial charge in [-0.15, -0.1) is 0 Å². The molecule has 0 aromatic heterocycles. The summed E-state index contributed by atoms with van der Waals surface area (Å²) in [5, 5.41) is 10.0. The molecule has 16 heavy (non-hydrogen) atoms. The van der Waals surface area contributed by atoms with E-state index in [1.54, 1.807) is 0 Å². The molecule has 1 aromatic carbocycles. The average Bonchev–Trinajstić information content (AvgIpc) is 2.28. The summed E-state index contributed by atoms with van der Waals surface area (Å²) in [5.74, 6) is -0.983. The van der Waals surface area contributed by atoms with Crippen molar-refractivity contribution in [3.63, 3.8) is 0 Å². The zero-order chi connectivity index (χ0) is 12.1. The minimum atomic E-state index is -1.06. The lowest BCUT2D eigenvalue weighted by molar-refractivity contribution is -0.141. The molecule has 1 aromatic rings. The number of benzene rings is 1. The maximum Gasteiger partial charge on any atom is 0.305 e. The second kappa shape index (κ2) is 5.82. The highest BCUT2D eigenvalue weighted by atomic mass is 35.5. The number of esters is 1. The maximum atomic E-state index is 13.3. The van der Waals surface area contributed by atoms with Crippen molar-refractivity contribution in [2.24, 2.45) is 0 Å². The molecule has 0 bridgehead atoms. The van der Waals surface area contributed by atoms with Gasteiger partial charge >= 0.3 is 5.97 Å². The Morgan fingerprint density at radius 1 is 1.62 bits per heavy atom. The molecule has 0 fully saturated rings. The van der Waals surface area contributed by atoms with E-state index in [0.717, 1.165) is 0 Å². The van der Waals surface area contributed by atoms with Gasteiger partial charge in [0.05, 0.1) is 13.2 Å². The number of carbonyl (C=O) groups excluding carboxylic acids is 1. The van der Waals surface area contributed by atoms with E-state index in [0.29, 0.717) is 5.02 Å². The molecular weight excluding hydrogens is 235 g/mol. The van der Waals surface area contributed by atoms with Crippen molar-refractivity contribution < 1.29 is 19.0 Å². The van der Waals surface area contributed by atoms with Crippen LogP contribution in [0.1, 0.15) is 24.5 Å². The largest absolute Gasteiger partial charge is 0.469 e. The third kappa shape index (κ3) is 3.47. The molecule has 1 atom stereocenters. The summed E-state index contributed by atoms with van der Waals surface area (Å²) in [5.41, 5.74) is 0.0939. The van der Waals surface area contributed by atoms with E-state index in [1.165, 1.54) is 25.3 Å². The van der Waals surface area contributed by atoms with Crippen molar-refractivity contribution in [1.29, 1.82) is 0 Å². The number of ether oxygens (including phenoxy) is 1. The molecule has 0 saturated heterocycles. The fourth-order valence-electron chi connectivity index (χ4n) is 1.28. The van der Waals surface area contributed by atoms with Crippen LogP contribution in [0.15, 0.2) is 18.2 Å². The Kier molecular flexibility index (Phi) is 4.71. The first-order valence-electron chi connectivity index (χ1n) is 4.74. The molecule has 1 unspecified atom stereocenters. The summed E-state index contributed by atoms with van der Waals surface area (Å²) in [7, 11) is 1.26. The van der Waals surface area contributed by atoms with Gasteiger partial charge in [0.25, 0.3) is 0 Å². The molecule has 1 rings (SSSR count). The Hall–Kier alpha value is -1.13. The molecule has 0 aliphatic rings. The molecule has 1 N–H and O–H groups in total. The molecule has 3 nitrogen and oxygen atoms in total. The van der Waals surface area contributed by atoms with E-state index < -0.39 is 17.9 Å². The van der Waals surface area contributed by atoms with Gasteiger partial charge in [0, 0.05) is 17.0 Å². The van der Waals surface area contributed by atoms with E-state index in [1.807, 2.05) is 0 Å². The molecule has 0 aliphatic carbocycles. The molecule has 0 saturated carbocycles. The summed E-state index contributed by atoms with van der Waals surface area (Å²) in [4.78, 5) is 10.8. The lowest BCUT2D eigenvalue weighted by Crippen LogP contribution is -2.06. The second-order valence-electron chi connectivity index (χ2n) is 3.30. The summed E-state index contributed by atoms with van der Waals surface area (Å²) in [6.45, 7) is 0. The van der Waals surface area contributed by atoms with Gasteiger partial charge < -0.3 is 9.84 Å². The van der Waals surface area contributed by atoms with Gasteiger partial charge in [0.1, 0.15) is 5.82 Å². The van der Waals surface area contributed by atoms with Gasteiger partial charge in [0.2, 0.25) is 0 Å². The number of hydrogen-bond donors (Lipinski definition) is 1. The summed E-state index contributed by atoms with van der Waals surface area (Å²) < 4.78 is 17.7. The lowest BCUT2D eigenvalue weighted by Gasteiger charge is -2.11. The third-order valence-electron chi connectivity index (χ3n) is 2.17. The van der Waals surface area contributed by atoms with Gasteiger partial charge in [-0.1, -0.05) is 11.6 Å². The van der Waals surface area contributed by atoms with E-state index >= 15 is 0 Å². The maximum absolute atomic E-state index is 13.3. The third-order valence-corrected chi connectivity index (χ3v) is 2.40. The highest BCUT2D eigenvalue weighted by Gasteiger charge is 2.15. The van der Waals surface area contributed by atoms with Gasteiger partial charge in [-0.2, -0.15) is 0 Å². The Labute approximate surface area is 97.8 Å². The van der Waals surface area contributed by atoms with Crippen molar-refractivity contribution in [2.75, 3.05) is 7.11 Å². The van der Waals surface area contributed by atoms with Crippen molar-refractivity contribution in [2.45, 2.75) is 18.9 Å². The highest BCUT2D eigenvalue weighted by molar-refractivity contribution is 6.30. The zero-order valence-corrected chi connectivity index (χ0v) is 9.50. The van der Waals surface area contributed by atoms with Crippen LogP contribution in [0, 0.1) is 5.82 Å². The van der Waals surface area contributed by atoms with Gasteiger partial charge in [-0.3, -0.25) is 4.79 Å². The van der Waals surface area contributed by atoms with Crippen molar-refractivity contribution in [3.05, 3.63) is 34.6 Å². The SMILES string of the molecule is COC(=O)CCC(O)c1cc(Cl)ccc1F. The van der Waals surface area contributed by atoms with Crippen LogP contribution in [0.5, 0.6) is 0 Å². The van der Waals surface area contributed by atoms with E-state index in [4.69, 9.17) is 11.6 Å². The number of rotatable bonds is 4. The lowest BCUT2D eigenvalue weighted by atomic mass is 10.0. The number of aliphatic hydroxyl groups is 1. The van der Waals surface area contributed by atoms with Crippen LogP contribution >= 0.6 is 11.6 Å². The normalized spacial score (nSPS) is 12.2. The molecule has 5 heteroatoms. The van der Waals surface area contributed by atoms with Crippen LogP contribution in [-0.4, -0.2) is 18.2 Å². The number of carbonyl (C=O) groups is 1. The van der Waals surface area contributed by atoms with Crippen molar-refractivity contribution in [1.82, 2.24) is 0 Å². The Bertz CT molecular complexity index is 381. The first-order valence-corrected chi connectivity index (χ1v) is 5.12. The first-order chi connectivity index (χ1) is 7.54. The quantitative estimate of drug-likeness (QED) is 0.831. The molecule has 0 spiro atoms. The number of aliphatic hydroxyl groups excluding tert-OH is 1. The predicted octanol–water partition coefficient (Wildman–Crippen LogP) is 2.47. The van der Waals surface area contributed by atoms with Crippen molar-refractivity contribution in [3.8, 4) is 0 Å². The minimum Gasteiger partial charge on any atom is -0.469 e. The minimum absolute atomic E-state index is 0.0314. The Balaban J connectivity index is 2.68. The fourth-order valence-corrected chi connectivity index (χ4v) is 1.46. The van der Waals surface area contributed by atoms with Crippen molar-refractivity contribution >= 4 is 17.6 Å². The van der Waals surface area contributed by atoms with E-state index in [9.17, 15) is 14.3 Å². The molecule has 0 heterocycles. The fraction of sp³-hybridized carbons (Fsp3) is 0.364. The average molecular weight is 247 g/mol. The van der Waals surface area contributed by atoms with Crippen LogP contribution in [0.2, 0.25) is 5.02 Å². The van der Waals surface area contributed by atoms with Gasteiger partial charge in [-0.05, 0) is 24.6 Å². The van der Waals surface area contributed by atoms with Crippen LogP contribution in [-0.2, 0) is 9.53 Å². The molecule has 0 amide bonds. The zero-order valence-electron chi connectivity index (χ0n) is 8.74. The summed E-state index contributed by atoms with van der Waals surface area (Å²) >= 11 is 5.68. The van der Waals surface area contributed by atoms with Gasteiger partial charge in [0.15, 0.2) is 0 Å². The van der Waals surface area contributed by atoms with Crippen LogP contribution < -0.4 is 0 Å². The highest BCUT2D eigenvalue weighted by Crippen LogP contribution is 2.24. The van der Waals surface area contributed by atoms with Gasteiger partial charge in [-0.25, -0.2) is 4.39 Å². The topological polar surface area (TPSA) is 46.5 Å².